The quantitative estimate of drug-likeness (QED) is 0.398. The molecule has 0 aliphatic rings. The fourth-order valence-electron chi connectivity index (χ4n) is 0.851. The standard InChI is InChI=1S/C6H8N2O6/c1-2-3-4(6(9)10)5(7(11)12)8(13)14/h2-3H2,1H3,(H,9,10). The molecule has 14 heavy (non-hydrogen) atoms. The van der Waals surface area contributed by atoms with Gasteiger partial charge in [0.25, 0.3) is 0 Å². The third-order valence-corrected chi connectivity index (χ3v) is 1.37. The largest absolute Gasteiger partial charge is 0.569 e. The molecule has 0 radical (unpaired) electrons. The first kappa shape index (κ1) is 12.0. The van der Waals surface area contributed by atoms with Crippen LogP contribution < -0.4 is 0 Å². The Morgan fingerprint density at radius 3 is 1.93 bits per heavy atom. The van der Waals surface area contributed by atoms with Gasteiger partial charge in [0.1, 0.15) is 9.85 Å². The molecule has 78 valence electrons. The van der Waals surface area contributed by atoms with Gasteiger partial charge in [-0.2, -0.15) is 0 Å². The van der Waals surface area contributed by atoms with Crippen LogP contribution in [0.3, 0.4) is 0 Å². The van der Waals surface area contributed by atoms with Crippen molar-refractivity contribution in [2.75, 3.05) is 0 Å². The molecule has 0 atom stereocenters. The molecule has 0 aromatic rings. The lowest BCUT2D eigenvalue weighted by Gasteiger charge is -1.95. The topological polar surface area (TPSA) is 124 Å². The van der Waals surface area contributed by atoms with Crippen LogP contribution in [0.25, 0.3) is 0 Å². The van der Waals surface area contributed by atoms with E-state index in [9.17, 15) is 25.0 Å². The predicted molar refractivity (Wildman–Crippen MR) is 43.6 cm³/mol. The zero-order chi connectivity index (χ0) is 11.3. The summed E-state index contributed by atoms with van der Waals surface area (Å²) >= 11 is 0. The van der Waals surface area contributed by atoms with E-state index < -0.39 is 27.2 Å². The van der Waals surface area contributed by atoms with E-state index in [2.05, 4.69) is 0 Å². The van der Waals surface area contributed by atoms with Crippen LogP contribution in [0, 0.1) is 20.2 Å². The second kappa shape index (κ2) is 4.90. The van der Waals surface area contributed by atoms with Gasteiger partial charge in [-0.25, -0.2) is 4.79 Å². The zero-order valence-electron chi connectivity index (χ0n) is 7.30. The molecular weight excluding hydrogens is 196 g/mol. The minimum absolute atomic E-state index is 0.202. The van der Waals surface area contributed by atoms with E-state index in [1.54, 1.807) is 6.92 Å². The van der Waals surface area contributed by atoms with Crippen molar-refractivity contribution in [3.05, 3.63) is 31.6 Å². The summed E-state index contributed by atoms with van der Waals surface area (Å²) in [4.78, 5) is 28.3. The number of carboxylic acids is 1. The van der Waals surface area contributed by atoms with Gasteiger partial charge in [-0.05, 0) is 6.42 Å². The van der Waals surface area contributed by atoms with E-state index in [1.807, 2.05) is 0 Å². The molecule has 0 rings (SSSR count). The number of nitro groups is 2. The summed E-state index contributed by atoms with van der Waals surface area (Å²) in [6, 6.07) is 0. The fraction of sp³-hybridized carbons (Fsp3) is 0.500. The van der Waals surface area contributed by atoms with Gasteiger partial charge >= 0.3 is 11.8 Å². The average Bonchev–Trinajstić information content (AvgIpc) is 2.01. The molecule has 0 spiro atoms. The molecular formula is C6H8N2O6. The Kier molecular flexibility index (Phi) is 4.20. The van der Waals surface area contributed by atoms with Crippen LogP contribution in [0.1, 0.15) is 19.8 Å². The maximum Gasteiger partial charge on any atom is 0.569 e. The Balaban J connectivity index is 5.38. The second-order valence-electron chi connectivity index (χ2n) is 2.37. The van der Waals surface area contributed by atoms with Crippen molar-refractivity contribution in [3.8, 4) is 0 Å². The van der Waals surface area contributed by atoms with E-state index in [1.165, 1.54) is 0 Å². The number of carbonyl (C=O) groups is 1. The van der Waals surface area contributed by atoms with E-state index in [-0.39, 0.29) is 12.8 Å². The number of rotatable bonds is 5. The SMILES string of the molecule is CCCC(C(=O)O)=C([N+](=O)[O-])[N+](=O)[O-]. The van der Waals surface area contributed by atoms with E-state index in [0.29, 0.717) is 0 Å². The van der Waals surface area contributed by atoms with Crippen LogP contribution in [0.2, 0.25) is 0 Å². The Bertz CT molecular complexity index is 291. The van der Waals surface area contributed by atoms with Crippen molar-refractivity contribution in [2.24, 2.45) is 0 Å². The van der Waals surface area contributed by atoms with Crippen molar-refractivity contribution >= 4 is 5.97 Å². The van der Waals surface area contributed by atoms with Gasteiger partial charge in [-0.3, -0.25) is 20.2 Å². The summed E-state index contributed by atoms with van der Waals surface area (Å²) in [5.74, 6) is -3.09. The minimum Gasteiger partial charge on any atom is -0.477 e. The summed E-state index contributed by atoms with van der Waals surface area (Å²) < 4.78 is 0. The molecule has 0 amide bonds. The highest BCUT2D eigenvalue weighted by atomic mass is 16.7. The lowest BCUT2D eigenvalue weighted by molar-refractivity contribution is -0.617. The smallest absolute Gasteiger partial charge is 0.477 e. The van der Waals surface area contributed by atoms with Crippen LogP contribution >= 0.6 is 0 Å². The zero-order valence-corrected chi connectivity index (χ0v) is 7.30. The molecule has 0 heterocycles. The van der Waals surface area contributed by atoms with Gasteiger partial charge in [0.05, 0.1) is 0 Å². The lowest BCUT2D eigenvalue weighted by Crippen LogP contribution is -2.17. The first-order valence-electron chi connectivity index (χ1n) is 3.67. The predicted octanol–water partition coefficient (Wildman–Crippen LogP) is 0.636. The number of aliphatic carboxylic acids is 1. The third kappa shape index (κ3) is 2.81. The highest BCUT2D eigenvalue weighted by Gasteiger charge is 2.35. The molecule has 0 saturated carbocycles. The van der Waals surface area contributed by atoms with Crippen molar-refractivity contribution in [1.82, 2.24) is 0 Å². The van der Waals surface area contributed by atoms with Gasteiger partial charge in [0, 0.05) is 0 Å². The van der Waals surface area contributed by atoms with E-state index >= 15 is 0 Å². The molecule has 0 aromatic heterocycles. The molecule has 0 unspecified atom stereocenters. The van der Waals surface area contributed by atoms with Crippen LogP contribution in [-0.2, 0) is 4.79 Å². The van der Waals surface area contributed by atoms with Crippen LogP contribution in [0.4, 0.5) is 0 Å². The minimum atomic E-state index is -1.63. The Labute approximate surface area is 78.1 Å². The van der Waals surface area contributed by atoms with Gasteiger partial charge < -0.3 is 5.11 Å². The molecule has 0 aromatic carbocycles. The molecule has 0 aliphatic carbocycles. The number of nitrogens with zero attached hydrogens (tertiary/aromatic N) is 2. The van der Waals surface area contributed by atoms with Gasteiger partial charge in [0.15, 0.2) is 5.57 Å². The fourth-order valence-corrected chi connectivity index (χ4v) is 0.851. The van der Waals surface area contributed by atoms with Crippen molar-refractivity contribution in [2.45, 2.75) is 19.8 Å². The van der Waals surface area contributed by atoms with Crippen molar-refractivity contribution in [3.63, 3.8) is 0 Å². The molecule has 0 saturated heterocycles. The van der Waals surface area contributed by atoms with Crippen LogP contribution in [0.15, 0.2) is 11.4 Å². The van der Waals surface area contributed by atoms with E-state index in [4.69, 9.17) is 5.11 Å². The Hall–Kier alpha value is -1.99. The molecule has 8 nitrogen and oxygen atoms in total. The van der Waals surface area contributed by atoms with Gasteiger partial charge in [0.2, 0.25) is 0 Å². The third-order valence-electron chi connectivity index (χ3n) is 1.37. The highest BCUT2D eigenvalue weighted by Crippen LogP contribution is 2.12. The molecule has 1 N–H and O–H groups in total. The molecule has 0 aliphatic heterocycles. The van der Waals surface area contributed by atoms with Crippen LogP contribution in [-0.4, -0.2) is 20.9 Å². The number of carboxylic acid groups (broad SMARTS) is 1. The van der Waals surface area contributed by atoms with Gasteiger partial charge in [-0.1, -0.05) is 13.3 Å². The second-order valence-corrected chi connectivity index (χ2v) is 2.37. The summed E-state index contributed by atoms with van der Waals surface area (Å²) in [5.41, 5.74) is -0.775. The Morgan fingerprint density at radius 1 is 1.29 bits per heavy atom. The monoisotopic (exact) mass is 204 g/mol. The summed E-state index contributed by atoms with van der Waals surface area (Å²) in [7, 11) is 0. The van der Waals surface area contributed by atoms with Crippen molar-refractivity contribution in [1.29, 1.82) is 0 Å². The first-order valence-corrected chi connectivity index (χ1v) is 3.67. The lowest BCUT2D eigenvalue weighted by atomic mass is 10.1. The van der Waals surface area contributed by atoms with Crippen molar-refractivity contribution < 1.29 is 19.7 Å². The Morgan fingerprint density at radius 2 is 1.71 bits per heavy atom. The number of hydrogen-bond acceptors (Lipinski definition) is 5. The maximum atomic E-state index is 10.5. The maximum absolute atomic E-state index is 10.5. The van der Waals surface area contributed by atoms with Crippen LogP contribution in [0.5, 0.6) is 0 Å². The number of hydrogen-bond donors (Lipinski definition) is 1. The van der Waals surface area contributed by atoms with E-state index in [0.717, 1.165) is 0 Å². The molecule has 0 fully saturated rings. The van der Waals surface area contributed by atoms with Gasteiger partial charge in [-0.15, -0.1) is 0 Å². The normalized spacial score (nSPS) is 9.21. The molecule has 8 heteroatoms. The first-order chi connectivity index (χ1) is 6.41. The highest BCUT2D eigenvalue weighted by molar-refractivity contribution is 5.86. The molecule has 0 bridgehead atoms. The average molecular weight is 204 g/mol. The summed E-state index contributed by atoms with van der Waals surface area (Å²) in [6.45, 7) is 1.57. The summed E-state index contributed by atoms with van der Waals surface area (Å²) in [6.07, 6.45) is 0.0828. The summed E-state index contributed by atoms with van der Waals surface area (Å²) in [5, 5.41) is 28.9.